The quantitative estimate of drug-likeness (QED) is 0.625. The second-order valence-corrected chi connectivity index (χ2v) is 7.11. The van der Waals surface area contributed by atoms with Crippen molar-refractivity contribution >= 4 is 28.7 Å². The van der Waals surface area contributed by atoms with Crippen LogP contribution in [-0.4, -0.2) is 14.2 Å². The molecule has 0 aliphatic carbocycles. The van der Waals surface area contributed by atoms with E-state index in [0.717, 1.165) is 24.1 Å². The fraction of sp³-hybridized carbons (Fsp3) is 0.368. The molecular weight excluding hydrogens is 357 g/mol. The van der Waals surface area contributed by atoms with Crippen LogP contribution in [0.15, 0.2) is 29.1 Å². The molecule has 0 N–H and O–H groups in total. The van der Waals surface area contributed by atoms with Crippen LogP contribution in [0, 0.1) is 6.92 Å². The minimum absolute atomic E-state index is 0.0870. The molecule has 0 saturated heterocycles. The number of rotatable bonds is 4. The van der Waals surface area contributed by atoms with E-state index in [-0.39, 0.29) is 5.56 Å². The first kappa shape index (κ1) is 18.0. The summed E-state index contributed by atoms with van der Waals surface area (Å²) in [5.74, 6) is 0.802. The zero-order valence-corrected chi connectivity index (χ0v) is 16.3. The Balaban J connectivity index is 2.38. The maximum absolute atomic E-state index is 13.1. The third kappa shape index (κ3) is 2.87. The zero-order valence-electron chi connectivity index (χ0n) is 14.8. The molecule has 4 nitrogen and oxygen atoms in total. The Labute approximate surface area is 157 Å². The van der Waals surface area contributed by atoms with Crippen molar-refractivity contribution in [1.29, 1.82) is 0 Å². The number of nitrogens with zero attached hydrogens (tertiary/aromatic N) is 3. The summed E-state index contributed by atoms with van der Waals surface area (Å²) in [7, 11) is 1.71. The van der Waals surface area contributed by atoms with Crippen LogP contribution in [0.4, 0.5) is 0 Å². The van der Waals surface area contributed by atoms with Crippen molar-refractivity contribution in [1.82, 2.24) is 14.2 Å². The number of halogens is 2. The Morgan fingerprint density at radius 1 is 1.16 bits per heavy atom. The van der Waals surface area contributed by atoms with Crippen LogP contribution in [0.2, 0.25) is 10.0 Å². The molecule has 0 unspecified atom stereocenters. The van der Waals surface area contributed by atoms with Gasteiger partial charge in [0.1, 0.15) is 5.52 Å². The van der Waals surface area contributed by atoms with E-state index in [1.54, 1.807) is 29.8 Å². The van der Waals surface area contributed by atoms with Gasteiger partial charge in [0.15, 0.2) is 5.82 Å². The minimum atomic E-state index is -0.0870. The molecule has 132 valence electrons. The van der Waals surface area contributed by atoms with Crippen LogP contribution in [-0.2, 0) is 7.05 Å². The van der Waals surface area contributed by atoms with Gasteiger partial charge in [-0.1, -0.05) is 43.1 Å². The van der Waals surface area contributed by atoms with Gasteiger partial charge in [-0.2, -0.15) is 0 Å². The minimum Gasteiger partial charge on any atom is -0.292 e. The molecule has 0 spiro atoms. The van der Waals surface area contributed by atoms with Gasteiger partial charge in [-0.15, -0.1) is 5.10 Å². The highest BCUT2D eigenvalue weighted by Crippen LogP contribution is 2.34. The van der Waals surface area contributed by atoms with Gasteiger partial charge in [-0.05, 0) is 49.4 Å². The predicted molar refractivity (Wildman–Crippen MR) is 104 cm³/mol. The van der Waals surface area contributed by atoms with E-state index in [1.807, 2.05) is 6.92 Å². The van der Waals surface area contributed by atoms with Crippen LogP contribution in [0.1, 0.15) is 43.9 Å². The highest BCUT2D eigenvalue weighted by molar-refractivity contribution is 6.38. The predicted octanol–water partition coefficient (Wildman–Crippen LogP) is 5.22. The Morgan fingerprint density at radius 2 is 1.76 bits per heavy atom. The summed E-state index contributed by atoms with van der Waals surface area (Å²) in [6.45, 7) is 6.24. The van der Waals surface area contributed by atoms with E-state index in [1.165, 1.54) is 4.57 Å². The molecule has 0 radical (unpaired) electrons. The molecule has 2 aromatic heterocycles. The largest absolute Gasteiger partial charge is 0.292 e. The van der Waals surface area contributed by atoms with Crippen molar-refractivity contribution in [2.24, 2.45) is 7.05 Å². The average molecular weight is 378 g/mol. The first-order valence-electron chi connectivity index (χ1n) is 8.44. The van der Waals surface area contributed by atoms with E-state index >= 15 is 0 Å². The summed E-state index contributed by atoms with van der Waals surface area (Å²) >= 11 is 12.7. The number of aromatic nitrogens is 3. The van der Waals surface area contributed by atoms with Crippen molar-refractivity contribution < 1.29 is 0 Å². The van der Waals surface area contributed by atoms with Crippen LogP contribution in [0.25, 0.3) is 16.9 Å². The second kappa shape index (κ2) is 6.85. The SMILES string of the molecule is CCC(CC)c1cc(C)n2nc(-c3c(Cl)cccc3Cl)n(C)c(=O)c12. The smallest absolute Gasteiger partial charge is 0.278 e. The van der Waals surface area contributed by atoms with Gasteiger partial charge in [-0.25, -0.2) is 4.52 Å². The molecule has 6 heteroatoms. The van der Waals surface area contributed by atoms with Gasteiger partial charge in [0.25, 0.3) is 5.56 Å². The van der Waals surface area contributed by atoms with Crippen molar-refractivity contribution in [2.75, 3.05) is 0 Å². The fourth-order valence-corrected chi connectivity index (χ4v) is 3.95. The van der Waals surface area contributed by atoms with Gasteiger partial charge in [0, 0.05) is 12.7 Å². The van der Waals surface area contributed by atoms with Crippen molar-refractivity contribution in [3.05, 3.63) is 55.9 Å². The van der Waals surface area contributed by atoms with E-state index in [9.17, 15) is 4.79 Å². The van der Waals surface area contributed by atoms with Crippen LogP contribution >= 0.6 is 23.2 Å². The van der Waals surface area contributed by atoms with Crippen LogP contribution in [0.3, 0.4) is 0 Å². The van der Waals surface area contributed by atoms with Crippen molar-refractivity contribution in [2.45, 2.75) is 39.5 Å². The highest BCUT2D eigenvalue weighted by Gasteiger charge is 2.22. The lowest BCUT2D eigenvalue weighted by Gasteiger charge is -2.14. The third-order valence-electron chi connectivity index (χ3n) is 4.82. The topological polar surface area (TPSA) is 39.3 Å². The zero-order chi connectivity index (χ0) is 18.3. The number of benzene rings is 1. The van der Waals surface area contributed by atoms with Gasteiger partial charge in [0.2, 0.25) is 0 Å². The molecule has 0 fully saturated rings. The molecule has 25 heavy (non-hydrogen) atoms. The Bertz CT molecular complexity index is 980. The summed E-state index contributed by atoms with van der Waals surface area (Å²) in [4.78, 5) is 13.1. The maximum atomic E-state index is 13.1. The van der Waals surface area contributed by atoms with Gasteiger partial charge in [-0.3, -0.25) is 9.36 Å². The first-order valence-corrected chi connectivity index (χ1v) is 9.19. The number of fused-ring (bicyclic) bond motifs is 1. The van der Waals surface area contributed by atoms with E-state index in [0.29, 0.717) is 32.9 Å². The molecule has 0 aliphatic heterocycles. The molecule has 1 aromatic carbocycles. The summed E-state index contributed by atoms with van der Waals surface area (Å²) in [5, 5.41) is 5.65. The van der Waals surface area contributed by atoms with Gasteiger partial charge >= 0.3 is 0 Å². The normalized spacial score (nSPS) is 11.6. The average Bonchev–Trinajstić information content (AvgIpc) is 2.90. The molecule has 0 atom stereocenters. The maximum Gasteiger partial charge on any atom is 0.278 e. The number of aryl methyl sites for hydroxylation is 1. The molecule has 3 aromatic rings. The van der Waals surface area contributed by atoms with Crippen LogP contribution in [0.5, 0.6) is 0 Å². The summed E-state index contributed by atoms with van der Waals surface area (Å²) in [5.41, 5.74) is 3.12. The van der Waals surface area contributed by atoms with Crippen LogP contribution < -0.4 is 5.56 Å². The molecule has 0 aliphatic rings. The molecule has 3 rings (SSSR count). The standard InChI is InChI=1S/C19H21Cl2N3O/c1-5-12(6-2)13-10-11(3)24-17(13)19(25)23(4)18(22-24)16-14(20)8-7-9-15(16)21/h7-10,12H,5-6H2,1-4H3. The van der Waals surface area contributed by atoms with E-state index in [4.69, 9.17) is 28.3 Å². The molecule has 0 amide bonds. The highest BCUT2D eigenvalue weighted by atomic mass is 35.5. The monoisotopic (exact) mass is 377 g/mol. The third-order valence-corrected chi connectivity index (χ3v) is 5.45. The number of hydrogen-bond donors (Lipinski definition) is 0. The number of hydrogen-bond acceptors (Lipinski definition) is 2. The first-order chi connectivity index (χ1) is 11.9. The lowest BCUT2D eigenvalue weighted by atomic mass is 9.95. The Morgan fingerprint density at radius 3 is 2.32 bits per heavy atom. The molecular formula is C19H21Cl2N3O. The fourth-order valence-electron chi connectivity index (χ4n) is 3.38. The van der Waals surface area contributed by atoms with E-state index < -0.39 is 0 Å². The second-order valence-electron chi connectivity index (χ2n) is 6.30. The van der Waals surface area contributed by atoms with Gasteiger partial charge in [0.05, 0.1) is 15.6 Å². The summed E-state index contributed by atoms with van der Waals surface area (Å²) < 4.78 is 3.26. The summed E-state index contributed by atoms with van der Waals surface area (Å²) in [6.07, 6.45) is 1.97. The van der Waals surface area contributed by atoms with Crippen molar-refractivity contribution in [3.8, 4) is 11.4 Å². The summed E-state index contributed by atoms with van der Waals surface area (Å²) in [6, 6.07) is 7.34. The van der Waals surface area contributed by atoms with E-state index in [2.05, 4.69) is 19.9 Å². The molecule has 2 heterocycles. The van der Waals surface area contributed by atoms with Crippen molar-refractivity contribution in [3.63, 3.8) is 0 Å². The van der Waals surface area contributed by atoms with Gasteiger partial charge < -0.3 is 0 Å². The lowest BCUT2D eigenvalue weighted by molar-refractivity contribution is 0.644. The lowest BCUT2D eigenvalue weighted by Crippen LogP contribution is -2.24. The Hall–Kier alpha value is -1.78. The molecule has 0 bridgehead atoms. The molecule has 0 saturated carbocycles. The Kier molecular flexibility index (Phi) is 4.94.